The van der Waals surface area contributed by atoms with Crippen molar-refractivity contribution in [1.82, 2.24) is 4.98 Å². The lowest BCUT2D eigenvalue weighted by Crippen LogP contribution is -1.95. The van der Waals surface area contributed by atoms with Crippen molar-refractivity contribution in [2.24, 2.45) is 0 Å². The highest BCUT2D eigenvalue weighted by molar-refractivity contribution is 9.10. The first-order chi connectivity index (χ1) is 7.26. The molecule has 1 heterocycles. The number of ether oxygens (including phenoxy) is 1. The van der Waals surface area contributed by atoms with Gasteiger partial charge in [-0.05, 0) is 18.2 Å². The predicted octanol–water partition coefficient (Wildman–Crippen LogP) is 2.50. The molecule has 0 spiro atoms. The fourth-order valence-corrected chi connectivity index (χ4v) is 1.90. The van der Waals surface area contributed by atoms with Gasteiger partial charge in [-0.25, -0.2) is 0 Å². The molecule has 0 unspecified atom stereocenters. The van der Waals surface area contributed by atoms with Crippen LogP contribution in [0.15, 0.2) is 28.9 Å². The van der Waals surface area contributed by atoms with Crippen molar-refractivity contribution < 1.29 is 9.84 Å². The molecule has 78 valence electrons. The van der Waals surface area contributed by atoms with E-state index in [0.717, 1.165) is 15.4 Å². The van der Waals surface area contributed by atoms with Crippen LogP contribution in [0.4, 0.5) is 0 Å². The first-order valence-corrected chi connectivity index (χ1v) is 5.27. The third-order valence-electron chi connectivity index (χ3n) is 2.23. The van der Waals surface area contributed by atoms with Gasteiger partial charge >= 0.3 is 0 Å². The third kappa shape index (κ3) is 1.82. The van der Waals surface area contributed by atoms with Gasteiger partial charge in [0.25, 0.3) is 0 Å². The Bertz CT molecular complexity index is 499. The summed E-state index contributed by atoms with van der Waals surface area (Å²) in [5.41, 5.74) is 1.55. The van der Waals surface area contributed by atoms with Crippen molar-refractivity contribution in [1.29, 1.82) is 0 Å². The minimum Gasteiger partial charge on any atom is -0.496 e. The summed E-state index contributed by atoms with van der Waals surface area (Å²) in [5.74, 6) is 0.684. The van der Waals surface area contributed by atoms with Crippen LogP contribution in [0.1, 0.15) is 5.56 Å². The summed E-state index contributed by atoms with van der Waals surface area (Å²) in [6.45, 7) is -0.0708. The summed E-state index contributed by atoms with van der Waals surface area (Å²) < 4.78 is 6.25. The smallest absolute Gasteiger partial charge is 0.135 e. The third-order valence-corrected chi connectivity index (χ3v) is 2.72. The average Bonchev–Trinajstić information content (AvgIpc) is 2.27. The first kappa shape index (κ1) is 10.4. The van der Waals surface area contributed by atoms with Crippen molar-refractivity contribution in [2.75, 3.05) is 7.11 Å². The van der Waals surface area contributed by atoms with E-state index in [1.54, 1.807) is 13.3 Å². The number of rotatable bonds is 2. The topological polar surface area (TPSA) is 42.4 Å². The van der Waals surface area contributed by atoms with E-state index in [1.165, 1.54) is 0 Å². The predicted molar refractivity (Wildman–Crippen MR) is 61.9 cm³/mol. The molecule has 2 rings (SSSR count). The molecule has 0 amide bonds. The summed E-state index contributed by atoms with van der Waals surface area (Å²) in [6, 6.07) is 5.76. The van der Waals surface area contributed by atoms with Gasteiger partial charge in [0.2, 0.25) is 0 Å². The zero-order valence-corrected chi connectivity index (χ0v) is 9.78. The standard InChI is InChI=1S/C11H10BrNO2/c1-15-11-7(6-14)5-13-10-3-2-8(12)4-9(10)11/h2-5,14H,6H2,1H3. The van der Waals surface area contributed by atoms with Gasteiger partial charge in [0.05, 0.1) is 19.2 Å². The Balaban J connectivity index is 2.79. The number of benzene rings is 1. The molecule has 0 bridgehead atoms. The molecule has 0 radical (unpaired) electrons. The number of aliphatic hydroxyl groups is 1. The number of hydrogen-bond acceptors (Lipinski definition) is 3. The van der Waals surface area contributed by atoms with Crippen molar-refractivity contribution in [3.05, 3.63) is 34.4 Å². The number of aliphatic hydroxyl groups excluding tert-OH is 1. The SMILES string of the molecule is COc1c(CO)cnc2ccc(Br)cc12. The molecule has 3 nitrogen and oxygen atoms in total. The Morgan fingerprint density at radius 3 is 2.93 bits per heavy atom. The largest absolute Gasteiger partial charge is 0.496 e. The highest BCUT2D eigenvalue weighted by Gasteiger charge is 2.08. The lowest BCUT2D eigenvalue weighted by molar-refractivity contribution is 0.274. The van der Waals surface area contributed by atoms with E-state index in [0.29, 0.717) is 11.3 Å². The van der Waals surface area contributed by atoms with Gasteiger partial charge in [-0.3, -0.25) is 4.98 Å². The highest BCUT2D eigenvalue weighted by atomic mass is 79.9. The summed E-state index contributed by atoms with van der Waals surface area (Å²) in [7, 11) is 1.59. The molecule has 0 aliphatic carbocycles. The lowest BCUT2D eigenvalue weighted by Gasteiger charge is -2.09. The number of aromatic nitrogens is 1. The van der Waals surface area contributed by atoms with Crippen molar-refractivity contribution in [2.45, 2.75) is 6.61 Å². The maximum absolute atomic E-state index is 9.15. The molecule has 1 aromatic carbocycles. The molecule has 4 heteroatoms. The van der Waals surface area contributed by atoms with Gasteiger partial charge in [0.15, 0.2) is 0 Å². The Labute approximate surface area is 95.8 Å². The Morgan fingerprint density at radius 1 is 1.47 bits per heavy atom. The van der Waals surface area contributed by atoms with Crippen molar-refractivity contribution >= 4 is 26.8 Å². The maximum atomic E-state index is 9.15. The zero-order chi connectivity index (χ0) is 10.8. The van der Waals surface area contributed by atoms with Gasteiger partial charge in [-0.1, -0.05) is 15.9 Å². The second kappa shape index (κ2) is 4.16. The molecular formula is C11H10BrNO2. The van der Waals surface area contributed by atoms with E-state index in [4.69, 9.17) is 9.84 Å². The monoisotopic (exact) mass is 267 g/mol. The van der Waals surface area contributed by atoms with Crippen LogP contribution in [0, 0.1) is 0 Å². The molecule has 0 fully saturated rings. The molecule has 0 aliphatic rings. The number of methoxy groups -OCH3 is 1. The number of halogens is 1. The van der Waals surface area contributed by atoms with Crippen molar-refractivity contribution in [3.8, 4) is 5.75 Å². The zero-order valence-electron chi connectivity index (χ0n) is 8.20. The van der Waals surface area contributed by atoms with Crippen LogP contribution in [-0.4, -0.2) is 17.2 Å². The second-order valence-corrected chi connectivity index (χ2v) is 4.05. The van der Waals surface area contributed by atoms with E-state index in [2.05, 4.69) is 20.9 Å². The van der Waals surface area contributed by atoms with Crippen molar-refractivity contribution in [3.63, 3.8) is 0 Å². The summed E-state index contributed by atoms with van der Waals surface area (Å²) in [5, 5.41) is 10.0. The lowest BCUT2D eigenvalue weighted by atomic mass is 10.1. The van der Waals surface area contributed by atoms with Crippen LogP contribution >= 0.6 is 15.9 Å². The average molecular weight is 268 g/mol. The maximum Gasteiger partial charge on any atom is 0.135 e. The van der Waals surface area contributed by atoms with E-state index in [-0.39, 0.29) is 6.61 Å². The molecular weight excluding hydrogens is 258 g/mol. The van der Waals surface area contributed by atoms with Crippen LogP contribution in [-0.2, 0) is 6.61 Å². The molecule has 0 atom stereocenters. The molecule has 2 aromatic rings. The number of pyridine rings is 1. The quantitative estimate of drug-likeness (QED) is 0.909. The number of fused-ring (bicyclic) bond motifs is 1. The van der Waals surface area contributed by atoms with Gasteiger partial charge in [-0.2, -0.15) is 0 Å². The fraction of sp³-hybridized carbons (Fsp3) is 0.182. The number of nitrogens with zero attached hydrogens (tertiary/aromatic N) is 1. The van der Waals surface area contributed by atoms with Crippen LogP contribution in [0.2, 0.25) is 0 Å². The Kier molecular flexibility index (Phi) is 2.88. The molecule has 1 N–H and O–H groups in total. The van der Waals surface area contributed by atoms with Gasteiger partial charge < -0.3 is 9.84 Å². The van der Waals surface area contributed by atoms with E-state index in [9.17, 15) is 0 Å². The highest BCUT2D eigenvalue weighted by Crippen LogP contribution is 2.30. The molecule has 0 aliphatic heterocycles. The van der Waals surface area contributed by atoms with E-state index < -0.39 is 0 Å². The molecule has 1 aromatic heterocycles. The summed E-state index contributed by atoms with van der Waals surface area (Å²) in [4.78, 5) is 4.24. The van der Waals surface area contributed by atoms with Crippen LogP contribution in [0.5, 0.6) is 5.75 Å². The first-order valence-electron chi connectivity index (χ1n) is 4.48. The molecule has 15 heavy (non-hydrogen) atoms. The van der Waals surface area contributed by atoms with Crippen LogP contribution in [0.25, 0.3) is 10.9 Å². The van der Waals surface area contributed by atoms with Gasteiger partial charge in [0, 0.05) is 21.6 Å². The van der Waals surface area contributed by atoms with Crippen LogP contribution in [0.3, 0.4) is 0 Å². The minimum absolute atomic E-state index is 0.0708. The molecule has 0 saturated heterocycles. The molecule has 0 saturated carbocycles. The number of hydrogen-bond donors (Lipinski definition) is 1. The minimum atomic E-state index is -0.0708. The van der Waals surface area contributed by atoms with Crippen LogP contribution < -0.4 is 4.74 Å². The second-order valence-electron chi connectivity index (χ2n) is 3.14. The fourth-order valence-electron chi connectivity index (χ4n) is 1.54. The Morgan fingerprint density at radius 2 is 2.27 bits per heavy atom. The van der Waals surface area contributed by atoms with E-state index >= 15 is 0 Å². The van der Waals surface area contributed by atoms with Gasteiger partial charge in [-0.15, -0.1) is 0 Å². The Hall–Kier alpha value is -1.13. The van der Waals surface area contributed by atoms with Gasteiger partial charge in [0.1, 0.15) is 5.75 Å². The summed E-state index contributed by atoms with van der Waals surface area (Å²) in [6.07, 6.45) is 1.63. The normalized spacial score (nSPS) is 10.6. The van der Waals surface area contributed by atoms with E-state index in [1.807, 2.05) is 18.2 Å². The summed E-state index contributed by atoms with van der Waals surface area (Å²) >= 11 is 3.40.